The molecule has 0 fully saturated rings. The van der Waals surface area contributed by atoms with Crippen molar-refractivity contribution in [3.63, 3.8) is 0 Å². The number of thiocarbonyl (C=S) groups is 1. The van der Waals surface area contributed by atoms with Crippen LogP contribution in [0.25, 0.3) is 0 Å². The predicted molar refractivity (Wildman–Crippen MR) is 62.5 cm³/mol. The van der Waals surface area contributed by atoms with Gasteiger partial charge in [-0.25, -0.2) is 0 Å². The van der Waals surface area contributed by atoms with Crippen LogP contribution < -0.4 is 5.32 Å². The van der Waals surface area contributed by atoms with Crippen LogP contribution >= 0.6 is 24.8 Å². The molecule has 0 aromatic heterocycles. The van der Waals surface area contributed by atoms with Crippen molar-refractivity contribution in [1.29, 1.82) is 0 Å². The molecule has 0 saturated carbocycles. The van der Waals surface area contributed by atoms with Crippen LogP contribution in [0.2, 0.25) is 0 Å². The SMILES string of the molecule is S=C(S)C1NCCc2ccccc21. The van der Waals surface area contributed by atoms with Gasteiger partial charge in [0, 0.05) is 6.54 Å². The molecule has 0 spiro atoms. The zero-order valence-corrected chi connectivity index (χ0v) is 8.87. The molecular formula is C10H11NS2. The van der Waals surface area contributed by atoms with E-state index >= 15 is 0 Å². The molecule has 0 amide bonds. The smallest absolute Gasteiger partial charge is 0.0741 e. The highest BCUT2D eigenvalue weighted by Crippen LogP contribution is 2.24. The average Bonchev–Trinajstić information content (AvgIpc) is 2.17. The number of nitrogens with one attached hydrogen (secondary N) is 1. The third-order valence-electron chi connectivity index (χ3n) is 2.36. The second-order valence-electron chi connectivity index (χ2n) is 3.17. The summed E-state index contributed by atoms with van der Waals surface area (Å²) >= 11 is 9.33. The van der Waals surface area contributed by atoms with E-state index < -0.39 is 0 Å². The Morgan fingerprint density at radius 1 is 1.46 bits per heavy atom. The first kappa shape index (κ1) is 9.19. The Morgan fingerprint density at radius 3 is 3.00 bits per heavy atom. The number of rotatable bonds is 1. The predicted octanol–water partition coefficient (Wildman–Crippen LogP) is 2.13. The van der Waals surface area contributed by atoms with Crippen molar-refractivity contribution in [2.24, 2.45) is 0 Å². The topological polar surface area (TPSA) is 12.0 Å². The number of fused-ring (bicyclic) bond motifs is 1. The second-order valence-corrected chi connectivity index (χ2v) is 4.40. The molecule has 0 bridgehead atoms. The largest absolute Gasteiger partial charge is 0.305 e. The van der Waals surface area contributed by atoms with Crippen molar-refractivity contribution < 1.29 is 0 Å². The molecule has 1 atom stereocenters. The molecule has 68 valence electrons. The van der Waals surface area contributed by atoms with Gasteiger partial charge in [0.25, 0.3) is 0 Å². The van der Waals surface area contributed by atoms with Gasteiger partial charge in [-0.3, -0.25) is 0 Å². The Morgan fingerprint density at radius 2 is 2.23 bits per heavy atom. The third kappa shape index (κ3) is 1.77. The lowest BCUT2D eigenvalue weighted by Crippen LogP contribution is -2.32. The molecule has 1 aliphatic rings. The summed E-state index contributed by atoms with van der Waals surface area (Å²) in [4.78, 5) is 0. The molecule has 1 N–H and O–H groups in total. The van der Waals surface area contributed by atoms with Crippen molar-refractivity contribution in [2.45, 2.75) is 12.5 Å². The van der Waals surface area contributed by atoms with Crippen molar-refractivity contribution in [2.75, 3.05) is 6.54 Å². The zero-order chi connectivity index (χ0) is 9.26. The number of hydrogen-bond acceptors (Lipinski definition) is 2. The third-order valence-corrected chi connectivity index (χ3v) is 2.85. The minimum absolute atomic E-state index is 0.156. The Labute approximate surface area is 88.9 Å². The molecule has 1 aromatic rings. The van der Waals surface area contributed by atoms with Gasteiger partial charge in [-0.2, -0.15) is 0 Å². The van der Waals surface area contributed by atoms with Crippen LogP contribution in [0, 0.1) is 0 Å². The van der Waals surface area contributed by atoms with E-state index in [2.05, 4.69) is 36.1 Å². The molecular weight excluding hydrogens is 198 g/mol. The lowest BCUT2D eigenvalue weighted by atomic mass is 9.95. The van der Waals surface area contributed by atoms with Crippen LogP contribution in [0.5, 0.6) is 0 Å². The maximum absolute atomic E-state index is 5.09. The zero-order valence-electron chi connectivity index (χ0n) is 7.16. The maximum Gasteiger partial charge on any atom is 0.0741 e. The first-order valence-corrected chi connectivity index (χ1v) is 5.18. The van der Waals surface area contributed by atoms with E-state index in [0.717, 1.165) is 17.2 Å². The molecule has 2 rings (SSSR count). The summed E-state index contributed by atoms with van der Waals surface area (Å²) in [5, 5.41) is 3.36. The normalized spacial score (nSPS) is 20.8. The molecule has 0 aliphatic carbocycles. The highest BCUT2D eigenvalue weighted by Gasteiger charge is 2.20. The van der Waals surface area contributed by atoms with Gasteiger partial charge in [-0.15, -0.1) is 12.6 Å². The first-order chi connectivity index (χ1) is 6.29. The summed E-state index contributed by atoms with van der Waals surface area (Å²) in [5.74, 6) is 0. The van der Waals surface area contributed by atoms with Gasteiger partial charge in [0.05, 0.1) is 10.2 Å². The molecule has 1 aromatic carbocycles. The summed E-state index contributed by atoms with van der Waals surface area (Å²) in [5.41, 5.74) is 2.68. The van der Waals surface area contributed by atoms with Crippen LogP contribution in [0.1, 0.15) is 17.2 Å². The lowest BCUT2D eigenvalue weighted by molar-refractivity contribution is 0.612. The summed E-state index contributed by atoms with van der Waals surface area (Å²) < 4.78 is 0.729. The Kier molecular flexibility index (Phi) is 2.67. The van der Waals surface area contributed by atoms with Crippen LogP contribution in [0.3, 0.4) is 0 Å². The van der Waals surface area contributed by atoms with Crippen LogP contribution in [-0.4, -0.2) is 10.7 Å². The Balaban J connectivity index is 2.42. The van der Waals surface area contributed by atoms with Crippen molar-refractivity contribution >= 4 is 29.0 Å². The summed E-state index contributed by atoms with van der Waals surface area (Å²) in [6.45, 7) is 0.988. The van der Waals surface area contributed by atoms with E-state index in [1.54, 1.807) is 0 Å². The molecule has 1 unspecified atom stereocenters. The van der Waals surface area contributed by atoms with Crippen molar-refractivity contribution in [3.8, 4) is 0 Å². The molecule has 0 radical (unpaired) electrons. The molecule has 13 heavy (non-hydrogen) atoms. The van der Waals surface area contributed by atoms with Gasteiger partial charge in [-0.1, -0.05) is 36.5 Å². The summed E-state index contributed by atoms with van der Waals surface area (Å²) in [6.07, 6.45) is 1.09. The molecule has 1 heterocycles. The summed E-state index contributed by atoms with van der Waals surface area (Å²) in [6, 6.07) is 8.56. The van der Waals surface area contributed by atoms with Crippen molar-refractivity contribution in [1.82, 2.24) is 5.32 Å². The average molecular weight is 209 g/mol. The van der Waals surface area contributed by atoms with E-state index in [-0.39, 0.29) is 6.04 Å². The van der Waals surface area contributed by atoms with E-state index in [1.807, 2.05) is 6.07 Å². The van der Waals surface area contributed by atoms with Crippen LogP contribution in [0.15, 0.2) is 24.3 Å². The van der Waals surface area contributed by atoms with Crippen LogP contribution in [0.4, 0.5) is 0 Å². The minimum atomic E-state index is 0.156. The quantitative estimate of drug-likeness (QED) is 0.543. The number of thiol groups is 1. The lowest BCUT2D eigenvalue weighted by Gasteiger charge is -2.25. The fraction of sp³-hybridized carbons (Fsp3) is 0.300. The first-order valence-electron chi connectivity index (χ1n) is 4.33. The molecule has 1 nitrogen and oxygen atoms in total. The highest BCUT2D eigenvalue weighted by molar-refractivity contribution is 8.11. The van der Waals surface area contributed by atoms with E-state index in [1.165, 1.54) is 11.1 Å². The monoisotopic (exact) mass is 209 g/mol. The summed E-state index contributed by atoms with van der Waals surface area (Å²) in [7, 11) is 0. The Hall–Kier alpha value is -0.380. The number of hydrogen-bond donors (Lipinski definition) is 2. The van der Waals surface area contributed by atoms with Gasteiger partial charge >= 0.3 is 0 Å². The standard InChI is InChI=1S/C10H11NS2/c12-10(13)9-8-4-2-1-3-7(8)5-6-11-9/h1-4,9,11H,5-6H2,(H,12,13). The maximum atomic E-state index is 5.09. The van der Waals surface area contributed by atoms with E-state index in [4.69, 9.17) is 12.2 Å². The van der Waals surface area contributed by atoms with Gasteiger partial charge in [0.1, 0.15) is 0 Å². The van der Waals surface area contributed by atoms with Gasteiger partial charge in [0.15, 0.2) is 0 Å². The molecule has 0 saturated heterocycles. The second kappa shape index (κ2) is 3.78. The van der Waals surface area contributed by atoms with E-state index in [0.29, 0.717) is 0 Å². The van der Waals surface area contributed by atoms with Gasteiger partial charge in [-0.05, 0) is 17.5 Å². The fourth-order valence-corrected chi connectivity index (χ4v) is 2.17. The highest BCUT2D eigenvalue weighted by atomic mass is 32.1. The van der Waals surface area contributed by atoms with Crippen LogP contribution in [-0.2, 0) is 6.42 Å². The minimum Gasteiger partial charge on any atom is -0.305 e. The molecule has 3 heteroatoms. The fourth-order valence-electron chi connectivity index (χ4n) is 1.72. The Bertz CT molecular complexity index is 335. The van der Waals surface area contributed by atoms with Gasteiger partial charge in [0.2, 0.25) is 0 Å². The van der Waals surface area contributed by atoms with Crippen molar-refractivity contribution in [3.05, 3.63) is 35.4 Å². The van der Waals surface area contributed by atoms with E-state index in [9.17, 15) is 0 Å². The molecule has 1 aliphatic heterocycles. The number of benzene rings is 1. The van der Waals surface area contributed by atoms with Gasteiger partial charge < -0.3 is 5.32 Å².